The number of fused-ring (bicyclic) bond motifs is 1. The Morgan fingerprint density at radius 1 is 1.39 bits per heavy atom. The van der Waals surface area contributed by atoms with Crippen LogP contribution in [-0.4, -0.2) is 49.2 Å². The van der Waals surface area contributed by atoms with E-state index in [1.165, 1.54) is 6.20 Å². The van der Waals surface area contributed by atoms with Gasteiger partial charge in [0.2, 0.25) is 11.6 Å². The van der Waals surface area contributed by atoms with E-state index in [2.05, 4.69) is 9.97 Å². The quantitative estimate of drug-likeness (QED) is 0.413. The molecule has 0 aromatic carbocycles. The smallest absolute Gasteiger partial charge is 0.426 e. The molecule has 1 aliphatic carbocycles. The van der Waals surface area contributed by atoms with Crippen molar-refractivity contribution in [3.63, 3.8) is 0 Å². The summed E-state index contributed by atoms with van der Waals surface area (Å²) in [7, 11) is 1.55. The van der Waals surface area contributed by atoms with E-state index in [-0.39, 0.29) is 12.2 Å². The molecular weight excluding hydrogens is 398 g/mol. The third-order valence-corrected chi connectivity index (χ3v) is 5.85. The largest absolute Gasteiger partial charge is 0.489 e. The molecule has 9 nitrogen and oxygen atoms in total. The van der Waals surface area contributed by atoms with Gasteiger partial charge < -0.3 is 15.2 Å². The lowest BCUT2D eigenvalue weighted by molar-refractivity contribution is 0.111. The topological polar surface area (TPSA) is 128 Å². The predicted molar refractivity (Wildman–Crippen MR) is 112 cm³/mol. The fraction of sp³-hybridized carbons (Fsp3) is 0.409. The number of nitriles is 1. The van der Waals surface area contributed by atoms with Gasteiger partial charge in [0.15, 0.2) is 6.29 Å². The monoisotopic (exact) mass is 422 g/mol. The number of hydrogen-bond donors (Lipinski definition) is 1. The number of primary amides is 1. The lowest BCUT2D eigenvalue weighted by Crippen LogP contribution is -2.56. The average Bonchev–Trinajstić information content (AvgIpc) is 3.63. The summed E-state index contributed by atoms with van der Waals surface area (Å²) in [5.41, 5.74) is 8.35. The number of carbonyl (C=O) groups is 2. The zero-order chi connectivity index (χ0) is 22.0. The number of amides is 2. The van der Waals surface area contributed by atoms with E-state index < -0.39 is 10.5 Å². The number of hydrogen-bond acceptors (Lipinski definition) is 7. The van der Waals surface area contributed by atoms with E-state index >= 15 is 0 Å². The number of pyridine rings is 2. The number of aryl methyl sites for hydroxylation is 1. The van der Waals surface area contributed by atoms with Crippen LogP contribution >= 0.6 is 0 Å². The Morgan fingerprint density at radius 3 is 2.84 bits per heavy atom. The van der Waals surface area contributed by atoms with E-state index in [9.17, 15) is 14.9 Å². The van der Waals surface area contributed by atoms with Crippen LogP contribution < -0.4 is 15.0 Å². The van der Waals surface area contributed by atoms with Gasteiger partial charge in [-0.15, -0.1) is 4.48 Å². The number of aldehydes is 1. The molecule has 2 aromatic heterocycles. The van der Waals surface area contributed by atoms with Crippen LogP contribution in [0, 0.1) is 11.3 Å². The highest BCUT2D eigenvalue weighted by Gasteiger charge is 2.48. The molecule has 9 heteroatoms. The van der Waals surface area contributed by atoms with Gasteiger partial charge in [0.1, 0.15) is 36.2 Å². The molecule has 1 unspecified atom stereocenters. The molecule has 2 aliphatic rings. The number of nitrogens with zero attached hydrogens (tertiary/aromatic N) is 4. The van der Waals surface area contributed by atoms with E-state index in [0.29, 0.717) is 48.6 Å². The van der Waals surface area contributed by atoms with Crippen molar-refractivity contribution in [3.05, 3.63) is 40.7 Å². The molecule has 0 saturated heterocycles. The van der Waals surface area contributed by atoms with Crippen molar-refractivity contribution >= 4 is 24.0 Å². The number of rotatable bonds is 7. The molecule has 3 heterocycles. The van der Waals surface area contributed by atoms with Crippen LogP contribution in [0.3, 0.4) is 0 Å². The maximum atomic E-state index is 12.9. The molecule has 2 aromatic rings. The molecule has 4 rings (SSSR count). The van der Waals surface area contributed by atoms with Crippen LogP contribution in [0.4, 0.5) is 16.4 Å². The minimum atomic E-state index is -0.649. The first-order valence-corrected chi connectivity index (χ1v) is 10.2. The molecular formula is C22H24N5O4+. The van der Waals surface area contributed by atoms with Gasteiger partial charge in [0.25, 0.3) is 0 Å². The number of quaternary nitrogens is 1. The fourth-order valence-electron chi connectivity index (χ4n) is 4.14. The number of urea groups is 1. The minimum absolute atomic E-state index is 0.236. The summed E-state index contributed by atoms with van der Waals surface area (Å²) in [5.74, 6) is 1.37. The molecule has 2 N–H and O–H groups in total. The fourth-order valence-corrected chi connectivity index (χ4v) is 4.14. The van der Waals surface area contributed by atoms with Crippen LogP contribution in [0.25, 0.3) is 0 Å². The van der Waals surface area contributed by atoms with Crippen molar-refractivity contribution in [1.29, 1.82) is 5.26 Å². The molecule has 160 valence electrons. The van der Waals surface area contributed by atoms with Crippen molar-refractivity contribution in [2.45, 2.75) is 31.6 Å². The van der Waals surface area contributed by atoms with E-state index in [0.717, 1.165) is 36.7 Å². The number of nitrogens with two attached hydrogens (primary N) is 1. The molecule has 0 spiro atoms. The van der Waals surface area contributed by atoms with Gasteiger partial charge in [-0.05, 0) is 36.8 Å². The molecule has 0 bridgehead atoms. The highest BCUT2D eigenvalue weighted by Crippen LogP contribution is 2.46. The Kier molecular flexibility index (Phi) is 5.67. The third-order valence-electron chi connectivity index (χ3n) is 5.85. The molecule has 2 amide bonds. The lowest BCUT2D eigenvalue weighted by atomic mass is 9.98. The van der Waals surface area contributed by atoms with Crippen molar-refractivity contribution in [3.8, 4) is 11.8 Å². The molecule has 1 saturated carbocycles. The van der Waals surface area contributed by atoms with Crippen molar-refractivity contribution in [2.75, 3.05) is 26.9 Å². The molecule has 1 aliphatic heterocycles. The van der Waals surface area contributed by atoms with E-state index in [1.807, 2.05) is 12.1 Å². The van der Waals surface area contributed by atoms with Gasteiger partial charge in [0, 0.05) is 19.1 Å². The van der Waals surface area contributed by atoms with E-state index in [1.54, 1.807) is 13.2 Å². The first-order chi connectivity index (χ1) is 15.0. The second-order valence-corrected chi connectivity index (χ2v) is 7.80. The highest BCUT2D eigenvalue weighted by atomic mass is 16.5. The minimum Gasteiger partial charge on any atom is -0.489 e. The maximum Gasteiger partial charge on any atom is 0.426 e. The summed E-state index contributed by atoms with van der Waals surface area (Å²) >= 11 is 0. The lowest BCUT2D eigenvalue weighted by Gasteiger charge is -2.35. The van der Waals surface area contributed by atoms with Crippen LogP contribution in [-0.2, 0) is 11.2 Å². The zero-order valence-corrected chi connectivity index (χ0v) is 17.3. The molecule has 31 heavy (non-hydrogen) atoms. The van der Waals surface area contributed by atoms with Crippen LogP contribution in [0.5, 0.6) is 5.75 Å². The van der Waals surface area contributed by atoms with Crippen molar-refractivity contribution in [1.82, 2.24) is 14.5 Å². The first kappa shape index (κ1) is 20.9. The number of ether oxygens (including phenoxy) is 2. The van der Waals surface area contributed by atoms with Gasteiger partial charge in [-0.3, -0.25) is 4.79 Å². The number of carbonyl (C=O) groups excluding carboxylic acids is 2. The van der Waals surface area contributed by atoms with Crippen LogP contribution in [0.1, 0.15) is 52.4 Å². The second kappa shape index (κ2) is 8.41. The summed E-state index contributed by atoms with van der Waals surface area (Å²) in [5, 5.41) is 9.41. The average molecular weight is 422 g/mol. The van der Waals surface area contributed by atoms with E-state index in [4.69, 9.17) is 15.2 Å². The van der Waals surface area contributed by atoms with Gasteiger partial charge in [-0.25, -0.2) is 9.78 Å². The van der Waals surface area contributed by atoms with Crippen LogP contribution in [0.15, 0.2) is 18.3 Å². The third kappa shape index (κ3) is 3.65. The summed E-state index contributed by atoms with van der Waals surface area (Å²) in [6.07, 6.45) is 5.62. The summed E-state index contributed by atoms with van der Waals surface area (Å²) in [6, 6.07) is 4.96. The number of aromatic nitrogens is 2. The normalized spacial score (nSPS) is 19.9. The summed E-state index contributed by atoms with van der Waals surface area (Å²) in [6.45, 7) is 0.933. The number of methoxy groups -OCH3 is 1. The van der Waals surface area contributed by atoms with Gasteiger partial charge >= 0.3 is 6.03 Å². The van der Waals surface area contributed by atoms with Crippen molar-refractivity contribution in [2.24, 2.45) is 5.73 Å². The Balaban J connectivity index is 1.86. The standard InChI is InChI=1S/C22H23N5O4/c1-30-7-8-31-19-10-20(25-12-16(19)11-23)27(22(24)29)6-2-3-15-9-17(14-4-5-14)18(13-28)26-21(15)27/h9-10,12-14H,2-8H2,1H3,(H-,24,29)/p+1. The van der Waals surface area contributed by atoms with Gasteiger partial charge in [-0.1, -0.05) is 0 Å². The highest BCUT2D eigenvalue weighted by molar-refractivity contribution is 5.93. The summed E-state index contributed by atoms with van der Waals surface area (Å²) < 4.78 is 10.3. The Bertz CT molecular complexity index is 1080. The van der Waals surface area contributed by atoms with Crippen LogP contribution in [0.2, 0.25) is 0 Å². The second-order valence-electron chi connectivity index (χ2n) is 7.80. The van der Waals surface area contributed by atoms with Gasteiger partial charge in [-0.2, -0.15) is 10.2 Å². The SMILES string of the molecule is COCCOc1cc([N+]2(C(N)=O)CCCc3cc(C4CC4)c(C=O)nc32)ncc1C#N. The Hall–Kier alpha value is -3.35. The molecule has 1 atom stereocenters. The van der Waals surface area contributed by atoms with Crippen molar-refractivity contribution < 1.29 is 19.1 Å². The molecule has 0 radical (unpaired) electrons. The molecule has 1 fully saturated rings. The first-order valence-electron chi connectivity index (χ1n) is 10.2. The predicted octanol–water partition coefficient (Wildman–Crippen LogP) is 2.73. The van der Waals surface area contributed by atoms with Gasteiger partial charge in [0.05, 0.1) is 18.9 Å². The zero-order valence-electron chi connectivity index (χ0n) is 17.3. The Morgan fingerprint density at radius 2 is 2.19 bits per heavy atom. The summed E-state index contributed by atoms with van der Waals surface area (Å²) in [4.78, 5) is 33.7. The Labute approximate surface area is 180 Å². The maximum absolute atomic E-state index is 12.9.